The maximum atomic E-state index is 5.65. The number of nitrogens with one attached hydrogen (secondary N) is 1. The van der Waals surface area contributed by atoms with E-state index in [9.17, 15) is 0 Å². The average Bonchev–Trinajstić information content (AvgIpc) is 2.55. The second-order valence-corrected chi connectivity index (χ2v) is 6.58. The molecule has 0 atom stereocenters. The van der Waals surface area contributed by atoms with Crippen LogP contribution in [0.5, 0.6) is 17.2 Å². The van der Waals surface area contributed by atoms with Crippen LogP contribution >= 0.6 is 15.9 Å². The molecule has 2 aromatic carbocycles. The first-order valence-electron chi connectivity index (χ1n) is 7.90. The van der Waals surface area contributed by atoms with Crippen molar-refractivity contribution in [2.75, 3.05) is 14.2 Å². The minimum Gasteiger partial charge on any atom is -0.493 e. The minimum atomic E-state index is 0.192. The Hall–Kier alpha value is -1.72. The lowest BCUT2D eigenvalue weighted by atomic mass is 10.2. The Balaban J connectivity index is 1.93. The van der Waals surface area contributed by atoms with Crippen LogP contribution in [0.1, 0.15) is 25.0 Å². The van der Waals surface area contributed by atoms with Crippen molar-refractivity contribution in [1.29, 1.82) is 0 Å². The smallest absolute Gasteiger partial charge is 0.174 e. The number of rotatable bonds is 8. The molecule has 0 heterocycles. The number of benzene rings is 2. The topological polar surface area (TPSA) is 39.7 Å². The molecule has 0 bridgehead atoms. The molecule has 4 nitrogen and oxygen atoms in total. The Morgan fingerprint density at radius 2 is 1.62 bits per heavy atom. The number of ether oxygens (including phenoxy) is 3. The standard InChI is InChI=1S/C19H24BrNO3/c1-13(2)24-16-7-5-14(6-8-16)11-21-12-15-9-17(20)19(23-4)18(10-15)22-3/h5-10,13,21H,11-12H2,1-4H3. The van der Waals surface area contributed by atoms with Crippen molar-refractivity contribution in [3.63, 3.8) is 0 Å². The quantitative estimate of drug-likeness (QED) is 0.714. The van der Waals surface area contributed by atoms with E-state index in [2.05, 4.69) is 33.4 Å². The van der Waals surface area contributed by atoms with E-state index in [-0.39, 0.29) is 6.10 Å². The summed E-state index contributed by atoms with van der Waals surface area (Å²) < 4.78 is 17.2. The first kappa shape index (κ1) is 18.6. The maximum absolute atomic E-state index is 5.65. The highest BCUT2D eigenvalue weighted by molar-refractivity contribution is 9.10. The summed E-state index contributed by atoms with van der Waals surface area (Å²) >= 11 is 3.52. The lowest BCUT2D eigenvalue weighted by Gasteiger charge is -2.13. The second kappa shape index (κ2) is 8.94. The van der Waals surface area contributed by atoms with E-state index >= 15 is 0 Å². The van der Waals surface area contributed by atoms with E-state index < -0.39 is 0 Å². The van der Waals surface area contributed by atoms with Gasteiger partial charge in [-0.25, -0.2) is 0 Å². The fourth-order valence-corrected chi connectivity index (χ4v) is 3.03. The molecule has 24 heavy (non-hydrogen) atoms. The highest BCUT2D eigenvalue weighted by atomic mass is 79.9. The predicted octanol–water partition coefficient (Wildman–Crippen LogP) is 4.54. The summed E-state index contributed by atoms with van der Waals surface area (Å²) in [6, 6.07) is 12.2. The Labute approximate surface area is 152 Å². The van der Waals surface area contributed by atoms with Gasteiger partial charge in [-0.15, -0.1) is 0 Å². The normalized spacial score (nSPS) is 10.8. The molecule has 2 rings (SSSR count). The number of methoxy groups -OCH3 is 2. The molecule has 5 heteroatoms. The van der Waals surface area contributed by atoms with Crippen molar-refractivity contribution in [3.05, 3.63) is 52.0 Å². The van der Waals surface area contributed by atoms with Gasteiger partial charge in [0.25, 0.3) is 0 Å². The van der Waals surface area contributed by atoms with Gasteiger partial charge in [-0.05, 0) is 65.2 Å². The van der Waals surface area contributed by atoms with E-state index in [4.69, 9.17) is 14.2 Å². The van der Waals surface area contributed by atoms with Crippen LogP contribution in [0.4, 0.5) is 0 Å². The molecule has 0 radical (unpaired) electrons. The monoisotopic (exact) mass is 393 g/mol. The van der Waals surface area contributed by atoms with Crippen LogP contribution in [0.3, 0.4) is 0 Å². The Bertz CT molecular complexity index is 656. The fourth-order valence-electron chi connectivity index (χ4n) is 2.38. The first-order chi connectivity index (χ1) is 11.5. The Morgan fingerprint density at radius 3 is 2.21 bits per heavy atom. The van der Waals surface area contributed by atoms with Crippen molar-refractivity contribution in [2.45, 2.75) is 33.0 Å². The summed E-state index contributed by atoms with van der Waals surface area (Å²) in [5.74, 6) is 2.33. The number of halogens is 1. The third-order valence-corrected chi connectivity index (χ3v) is 4.04. The molecule has 0 saturated carbocycles. The molecule has 0 spiro atoms. The summed E-state index contributed by atoms with van der Waals surface area (Å²) in [5.41, 5.74) is 2.34. The molecule has 0 aliphatic carbocycles. The third-order valence-electron chi connectivity index (χ3n) is 3.45. The van der Waals surface area contributed by atoms with Crippen molar-refractivity contribution < 1.29 is 14.2 Å². The molecule has 0 unspecified atom stereocenters. The van der Waals surface area contributed by atoms with Gasteiger partial charge < -0.3 is 19.5 Å². The molecule has 0 fully saturated rings. The van der Waals surface area contributed by atoms with Crippen LogP contribution in [0.15, 0.2) is 40.9 Å². The van der Waals surface area contributed by atoms with Crippen LogP contribution < -0.4 is 19.5 Å². The van der Waals surface area contributed by atoms with E-state index in [1.54, 1.807) is 14.2 Å². The Morgan fingerprint density at radius 1 is 0.958 bits per heavy atom. The van der Waals surface area contributed by atoms with Crippen molar-refractivity contribution in [2.24, 2.45) is 0 Å². The summed E-state index contributed by atoms with van der Waals surface area (Å²) in [7, 11) is 3.27. The van der Waals surface area contributed by atoms with Crippen LogP contribution in [0.2, 0.25) is 0 Å². The average molecular weight is 394 g/mol. The van der Waals surface area contributed by atoms with Gasteiger partial charge >= 0.3 is 0 Å². The molecule has 1 N–H and O–H groups in total. The Kier molecular flexibility index (Phi) is 6.94. The minimum absolute atomic E-state index is 0.192. The summed E-state index contributed by atoms with van der Waals surface area (Å²) in [4.78, 5) is 0. The van der Waals surface area contributed by atoms with Gasteiger partial charge in [0.15, 0.2) is 11.5 Å². The molecule has 2 aromatic rings. The highest BCUT2D eigenvalue weighted by Crippen LogP contribution is 2.36. The van der Waals surface area contributed by atoms with Gasteiger partial charge in [0.05, 0.1) is 24.8 Å². The summed E-state index contributed by atoms with van der Waals surface area (Å²) in [6.07, 6.45) is 0.192. The zero-order valence-electron chi connectivity index (χ0n) is 14.6. The molecular formula is C19H24BrNO3. The number of hydrogen-bond donors (Lipinski definition) is 1. The van der Waals surface area contributed by atoms with Gasteiger partial charge in [-0.2, -0.15) is 0 Å². The lowest BCUT2D eigenvalue weighted by Crippen LogP contribution is -2.13. The maximum Gasteiger partial charge on any atom is 0.174 e. The van der Waals surface area contributed by atoms with Gasteiger partial charge in [-0.1, -0.05) is 12.1 Å². The van der Waals surface area contributed by atoms with Gasteiger partial charge in [0.2, 0.25) is 0 Å². The molecule has 0 aliphatic heterocycles. The summed E-state index contributed by atoms with van der Waals surface area (Å²) in [5, 5.41) is 3.44. The molecule has 0 saturated heterocycles. The number of hydrogen-bond acceptors (Lipinski definition) is 4. The molecule has 0 aromatic heterocycles. The third kappa shape index (κ3) is 5.14. The molecular weight excluding hydrogens is 370 g/mol. The molecule has 0 aliphatic rings. The lowest BCUT2D eigenvalue weighted by molar-refractivity contribution is 0.242. The van der Waals surface area contributed by atoms with Crippen molar-refractivity contribution >= 4 is 15.9 Å². The van der Waals surface area contributed by atoms with Gasteiger partial charge in [0.1, 0.15) is 5.75 Å². The largest absolute Gasteiger partial charge is 0.493 e. The van der Waals surface area contributed by atoms with Crippen LogP contribution in [-0.2, 0) is 13.1 Å². The van der Waals surface area contributed by atoms with Crippen molar-refractivity contribution in [1.82, 2.24) is 5.32 Å². The van der Waals surface area contributed by atoms with Crippen molar-refractivity contribution in [3.8, 4) is 17.2 Å². The summed E-state index contributed by atoms with van der Waals surface area (Å²) in [6.45, 7) is 5.57. The van der Waals surface area contributed by atoms with Gasteiger partial charge in [-0.3, -0.25) is 0 Å². The van der Waals surface area contributed by atoms with Gasteiger partial charge in [0, 0.05) is 13.1 Å². The highest BCUT2D eigenvalue weighted by Gasteiger charge is 2.10. The first-order valence-corrected chi connectivity index (χ1v) is 8.69. The van der Waals surface area contributed by atoms with E-state index in [1.807, 2.05) is 38.1 Å². The van der Waals surface area contributed by atoms with E-state index in [1.165, 1.54) is 5.56 Å². The second-order valence-electron chi connectivity index (χ2n) is 5.73. The van der Waals surface area contributed by atoms with Crippen LogP contribution in [-0.4, -0.2) is 20.3 Å². The SMILES string of the molecule is COc1cc(CNCc2ccc(OC(C)C)cc2)cc(Br)c1OC. The predicted molar refractivity (Wildman–Crippen MR) is 100.0 cm³/mol. The van der Waals surface area contributed by atoms with E-state index in [0.29, 0.717) is 5.75 Å². The molecule has 0 amide bonds. The zero-order valence-corrected chi connectivity index (χ0v) is 16.1. The fraction of sp³-hybridized carbons (Fsp3) is 0.368. The van der Waals surface area contributed by atoms with E-state index in [0.717, 1.165) is 34.6 Å². The molecule has 130 valence electrons. The zero-order chi connectivity index (χ0) is 17.5. The van der Waals surface area contributed by atoms with Crippen LogP contribution in [0.25, 0.3) is 0 Å². The van der Waals surface area contributed by atoms with Crippen LogP contribution in [0, 0.1) is 0 Å².